The number of rotatable bonds is 3. The van der Waals surface area contributed by atoms with Crippen molar-refractivity contribution in [1.29, 1.82) is 0 Å². The normalized spacial score (nSPS) is 10.9. The Morgan fingerprint density at radius 2 is 1.60 bits per heavy atom. The molecule has 1 aromatic carbocycles. The lowest BCUT2D eigenvalue weighted by Crippen LogP contribution is -3.00. The van der Waals surface area contributed by atoms with Crippen LogP contribution < -0.4 is 21.5 Å². The van der Waals surface area contributed by atoms with Gasteiger partial charge >= 0.3 is 0 Å². The van der Waals surface area contributed by atoms with Crippen LogP contribution in [0.15, 0.2) is 53.3 Å². The lowest BCUT2D eigenvalue weighted by atomic mass is 10.1. The van der Waals surface area contributed by atoms with E-state index in [1.807, 2.05) is 67.2 Å². The largest absolute Gasteiger partial charge is 1.00 e. The number of benzene rings is 1. The SMILES string of the molecule is Cc1cc[n+](C(C)C(=O)c2ccc(Br)cc2)cc1.O.[Br-]. The molecule has 1 atom stereocenters. The van der Waals surface area contributed by atoms with Gasteiger partial charge in [-0.15, -0.1) is 0 Å². The molecular weight excluding hydrogens is 386 g/mol. The van der Waals surface area contributed by atoms with Crippen molar-refractivity contribution in [3.8, 4) is 0 Å². The van der Waals surface area contributed by atoms with E-state index < -0.39 is 0 Å². The first kappa shape index (κ1) is 19.0. The maximum Gasteiger partial charge on any atom is 0.230 e. The third-order valence-electron chi connectivity index (χ3n) is 2.97. The minimum atomic E-state index is -0.188. The summed E-state index contributed by atoms with van der Waals surface area (Å²) >= 11 is 3.37. The van der Waals surface area contributed by atoms with Crippen LogP contribution in [-0.2, 0) is 0 Å². The molecule has 0 aliphatic heterocycles. The van der Waals surface area contributed by atoms with Gasteiger partial charge in [0.15, 0.2) is 12.4 Å². The highest BCUT2D eigenvalue weighted by molar-refractivity contribution is 9.10. The average molecular weight is 403 g/mol. The smallest absolute Gasteiger partial charge is 0.230 e. The fraction of sp³-hybridized carbons (Fsp3) is 0.200. The summed E-state index contributed by atoms with van der Waals surface area (Å²) in [5, 5.41) is 0. The van der Waals surface area contributed by atoms with E-state index in [-0.39, 0.29) is 34.3 Å². The summed E-state index contributed by atoms with van der Waals surface area (Å²) in [5.74, 6) is 0.122. The standard InChI is InChI=1S/C15H15BrNO.BrH.H2O/c1-11-7-9-17(10-8-11)12(2)15(18)13-3-5-14(16)6-4-13;;/h3-10,12H,1-2H3;1H;1H2/q+1;;/p-1. The lowest BCUT2D eigenvalue weighted by molar-refractivity contribution is -0.704. The second-order valence-electron chi connectivity index (χ2n) is 4.37. The van der Waals surface area contributed by atoms with Gasteiger partial charge in [0.2, 0.25) is 11.8 Å². The molecular formula is C15H17Br2NO2. The van der Waals surface area contributed by atoms with Crippen LogP contribution in [0.25, 0.3) is 0 Å². The molecule has 1 heterocycles. The molecule has 0 aliphatic rings. The summed E-state index contributed by atoms with van der Waals surface area (Å²) in [6, 6.07) is 11.3. The number of pyridine rings is 1. The van der Waals surface area contributed by atoms with Crippen molar-refractivity contribution in [3.63, 3.8) is 0 Å². The number of halogens is 2. The number of aryl methyl sites for hydroxylation is 1. The molecule has 0 saturated heterocycles. The molecule has 108 valence electrons. The first-order chi connectivity index (χ1) is 8.58. The molecule has 0 amide bonds. The summed E-state index contributed by atoms with van der Waals surface area (Å²) in [6.45, 7) is 3.95. The van der Waals surface area contributed by atoms with Crippen molar-refractivity contribution >= 4 is 21.7 Å². The highest BCUT2D eigenvalue weighted by Crippen LogP contribution is 2.14. The van der Waals surface area contributed by atoms with Crippen molar-refractivity contribution in [1.82, 2.24) is 0 Å². The number of carbonyl (C=O) groups excluding carboxylic acids is 1. The van der Waals surface area contributed by atoms with E-state index in [1.165, 1.54) is 5.56 Å². The Balaban J connectivity index is 0.00000180. The van der Waals surface area contributed by atoms with Gasteiger partial charge in [0.05, 0.1) is 0 Å². The second-order valence-corrected chi connectivity index (χ2v) is 5.29. The molecule has 1 unspecified atom stereocenters. The van der Waals surface area contributed by atoms with E-state index >= 15 is 0 Å². The van der Waals surface area contributed by atoms with Gasteiger partial charge in [-0.2, -0.15) is 4.57 Å². The fourth-order valence-corrected chi connectivity index (χ4v) is 2.03. The number of aromatic nitrogens is 1. The summed E-state index contributed by atoms with van der Waals surface area (Å²) in [5.41, 5.74) is 1.92. The number of nitrogens with zero attached hydrogens (tertiary/aromatic N) is 1. The molecule has 0 saturated carbocycles. The zero-order valence-corrected chi connectivity index (χ0v) is 14.5. The van der Waals surface area contributed by atoms with Crippen LogP contribution in [0.3, 0.4) is 0 Å². The highest BCUT2D eigenvalue weighted by atomic mass is 79.9. The van der Waals surface area contributed by atoms with Gasteiger partial charge in [-0.1, -0.05) is 28.1 Å². The molecule has 20 heavy (non-hydrogen) atoms. The quantitative estimate of drug-likeness (QED) is 0.512. The van der Waals surface area contributed by atoms with Crippen LogP contribution in [0.2, 0.25) is 0 Å². The molecule has 0 spiro atoms. The molecule has 1 aromatic heterocycles. The van der Waals surface area contributed by atoms with Crippen molar-refractivity contribution < 1.29 is 31.8 Å². The van der Waals surface area contributed by atoms with Gasteiger partial charge in [-0.3, -0.25) is 4.79 Å². The predicted octanol–water partition coefficient (Wildman–Crippen LogP) is -0.332. The van der Waals surface area contributed by atoms with Crippen molar-refractivity contribution in [3.05, 3.63) is 64.4 Å². The summed E-state index contributed by atoms with van der Waals surface area (Å²) in [4.78, 5) is 12.3. The Bertz CT molecular complexity index is 553. The van der Waals surface area contributed by atoms with Crippen LogP contribution >= 0.6 is 15.9 Å². The zero-order valence-electron chi connectivity index (χ0n) is 11.3. The van der Waals surface area contributed by atoms with Gasteiger partial charge in [-0.05, 0) is 24.6 Å². The van der Waals surface area contributed by atoms with Gasteiger partial charge in [0, 0.05) is 29.1 Å². The molecule has 0 aliphatic carbocycles. The minimum absolute atomic E-state index is 0. The highest BCUT2D eigenvalue weighted by Gasteiger charge is 2.22. The maximum atomic E-state index is 12.3. The minimum Gasteiger partial charge on any atom is -1.00 e. The molecule has 2 aromatic rings. The Morgan fingerprint density at radius 3 is 2.10 bits per heavy atom. The molecule has 0 radical (unpaired) electrons. The first-order valence-corrected chi connectivity index (χ1v) is 6.64. The maximum absolute atomic E-state index is 12.3. The van der Waals surface area contributed by atoms with Crippen LogP contribution in [0, 0.1) is 6.92 Å². The lowest BCUT2D eigenvalue weighted by Gasteiger charge is -2.06. The van der Waals surface area contributed by atoms with E-state index in [2.05, 4.69) is 15.9 Å². The van der Waals surface area contributed by atoms with Crippen LogP contribution in [0.5, 0.6) is 0 Å². The number of Topliss-reactive ketones (excluding diaryl/α,β-unsaturated/α-hetero) is 1. The van der Waals surface area contributed by atoms with Gasteiger partial charge in [-0.25, -0.2) is 0 Å². The van der Waals surface area contributed by atoms with Crippen molar-refractivity contribution in [2.75, 3.05) is 0 Å². The summed E-state index contributed by atoms with van der Waals surface area (Å²) in [6.07, 6.45) is 3.88. The molecule has 5 heteroatoms. The van der Waals surface area contributed by atoms with Crippen molar-refractivity contribution in [2.45, 2.75) is 19.9 Å². The number of hydrogen-bond acceptors (Lipinski definition) is 1. The third kappa shape index (κ3) is 4.51. The molecule has 2 rings (SSSR count). The van der Waals surface area contributed by atoms with E-state index in [0.29, 0.717) is 0 Å². The number of carbonyl (C=O) groups is 1. The molecule has 2 N–H and O–H groups in total. The van der Waals surface area contributed by atoms with Crippen LogP contribution in [-0.4, -0.2) is 11.3 Å². The molecule has 0 fully saturated rings. The Labute approximate surface area is 137 Å². The molecule has 0 bridgehead atoms. The van der Waals surface area contributed by atoms with E-state index in [9.17, 15) is 4.79 Å². The number of hydrogen-bond donors (Lipinski definition) is 0. The average Bonchev–Trinajstić information content (AvgIpc) is 2.39. The zero-order chi connectivity index (χ0) is 13.1. The van der Waals surface area contributed by atoms with Crippen molar-refractivity contribution in [2.24, 2.45) is 0 Å². The number of ketones is 1. The third-order valence-corrected chi connectivity index (χ3v) is 3.50. The van der Waals surface area contributed by atoms with Gasteiger partial charge in [0.25, 0.3) is 0 Å². The summed E-state index contributed by atoms with van der Waals surface area (Å²) in [7, 11) is 0. The monoisotopic (exact) mass is 401 g/mol. The van der Waals surface area contributed by atoms with Crippen LogP contribution in [0.1, 0.15) is 28.9 Å². The van der Waals surface area contributed by atoms with E-state index in [0.717, 1.165) is 10.0 Å². The Hall–Kier alpha value is -1.04. The Morgan fingerprint density at radius 1 is 1.10 bits per heavy atom. The van der Waals surface area contributed by atoms with E-state index in [4.69, 9.17) is 0 Å². The second kappa shape index (κ2) is 8.29. The van der Waals surface area contributed by atoms with Gasteiger partial charge < -0.3 is 22.5 Å². The van der Waals surface area contributed by atoms with Gasteiger partial charge in [0.1, 0.15) is 0 Å². The fourth-order valence-electron chi connectivity index (χ4n) is 1.76. The van der Waals surface area contributed by atoms with Crippen LogP contribution in [0.4, 0.5) is 0 Å². The summed E-state index contributed by atoms with van der Waals surface area (Å²) < 4.78 is 2.91. The molecule has 3 nitrogen and oxygen atoms in total. The predicted molar refractivity (Wildman–Crippen MR) is 78.2 cm³/mol. The van der Waals surface area contributed by atoms with E-state index in [1.54, 1.807) is 0 Å². The Kier molecular flexibility index (Phi) is 7.86. The first-order valence-electron chi connectivity index (χ1n) is 5.85. The topological polar surface area (TPSA) is 52.5 Å².